The van der Waals surface area contributed by atoms with Crippen molar-refractivity contribution in [2.75, 3.05) is 12.4 Å². The van der Waals surface area contributed by atoms with Crippen LogP contribution in [0.4, 0.5) is 0 Å². The highest BCUT2D eigenvalue weighted by Crippen LogP contribution is 2.35. The molecule has 0 aromatic carbocycles. The first-order valence-electron chi connectivity index (χ1n) is 7.70. The second-order valence-corrected chi connectivity index (χ2v) is 6.58. The van der Waals surface area contributed by atoms with Crippen molar-refractivity contribution in [2.45, 2.75) is 49.4 Å². The maximum absolute atomic E-state index is 9.56. The van der Waals surface area contributed by atoms with Gasteiger partial charge in [-0.1, -0.05) is 31.0 Å². The van der Waals surface area contributed by atoms with Gasteiger partial charge in [-0.25, -0.2) is 0 Å². The van der Waals surface area contributed by atoms with Crippen LogP contribution in [0.3, 0.4) is 0 Å². The Kier molecular flexibility index (Phi) is 5.17. The zero-order valence-corrected chi connectivity index (χ0v) is 13.2. The van der Waals surface area contributed by atoms with E-state index in [9.17, 15) is 5.11 Å². The van der Waals surface area contributed by atoms with Crippen LogP contribution in [0.15, 0.2) is 28.0 Å². The van der Waals surface area contributed by atoms with Gasteiger partial charge in [-0.2, -0.15) is 0 Å². The predicted octanol–water partition coefficient (Wildman–Crippen LogP) is 2.49. The minimum absolute atomic E-state index is 0.240. The van der Waals surface area contributed by atoms with Gasteiger partial charge in [-0.3, -0.25) is 4.57 Å². The van der Waals surface area contributed by atoms with Crippen molar-refractivity contribution in [2.24, 2.45) is 0 Å². The molecule has 1 aliphatic carbocycles. The maximum atomic E-state index is 9.56. The van der Waals surface area contributed by atoms with Crippen LogP contribution in [0, 0.1) is 0 Å². The van der Waals surface area contributed by atoms with Crippen LogP contribution < -0.4 is 0 Å². The van der Waals surface area contributed by atoms with Crippen molar-refractivity contribution in [3.8, 4) is 11.6 Å². The fourth-order valence-corrected chi connectivity index (χ4v) is 3.76. The highest BCUT2D eigenvalue weighted by Gasteiger charge is 2.25. The van der Waals surface area contributed by atoms with Crippen LogP contribution >= 0.6 is 11.8 Å². The number of furan rings is 1. The molecule has 3 rings (SSSR count). The van der Waals surface area contributed by atoms with Crippen LogP contribution in [0.1, 0.15) is 38.1 Å². The zero-order valence-electron chi connectivity index (χ0n) is 12.4. The molecular weight excluding hydrogens is 302 g/mol. The van der Waals surface area contributed by atoms with Crippen molar-refractivity contribution in [3.63, 3.8) is 0 Å². The fourth-order valence-electron chi connectivity index (χ4n) is 2.84. The second kappa shape index (κ2) is 7.30. The molecule has 1 atom stereocenters. The van der Waals surface area contributed by atoms with Gasteiger partial charge in [-0.15, -0.1) is 10.2 Å². The third-order valence-electron chi connectivity index (χ3n) is 3.96. The van der Waals surface area contributed by atoms with Gasteiger partial charge in [-0.05, 0) is 25.0 Å². The molecule has 0 saturated heterocycles. The molecule has 2 heterocycles. The average Bonchev–Trinajstić information content (AvgIpc) is 3.22. The van der Waals surface area contributed by atoms with Crippen molar-refractivity contribution in [3.05, 3.63) is 18.4 Å². The SMILES string of the molecule is OCC(O)CSc1nnc(-c2ccco2)n1C1CCCCC1. The van der Waals surface area contributed by atoms with E-state index in [0.717, 1.165) is 23.8 Å². The Morgan fingerprint density at radius 1 is 1.32 bits per heavy atom. The van der Waals surface area contributed by atoms with Gasteiger partial charge >= 0.3 is 0 Å². The van der Waals surface area contributed by atoms with Crippen LogP contribution in [-0.4, -0.2) is 43.4 Å². The Balaban J connectivity index is 1.88. The first kappa shape index (κ1) is 15.6. The summed E-state index contributed by atoms with van der Waals surface area (Å²) in [4.78, 5) is 0. The zero-order chi connectivity index (χ0) is 15.4. The van der Waals surface area contributed by atoms with E-state index < -0.39 is 6.10 Å². The van der Waals surface area contributed by atoms with Crippen molar-refractivity contribution in [1.82, 2.24) is 14.8 Å². The van der Waals surface area contributed by atoms with E-state index in [1.54, 1.807) is 6.26 Å². The summed E-state index contributed by atoms with van der Waals surface area (Å²) >= 11 is 1.43. The van der Waals surface area contributed by atoms with E-state index in [2.05, 4.69) is 14.8 Å². The molecule has 120 valence electrons. The van der Waals surface area contributed by atoms with Gasteiger partial charge in [0.2, 0.25) is 5.82 Å². The van der Waals surface area contributed by atoms with E-state index >= 15 is 0 Å². The lowest BCUT2D eigenvalue weighted by Gasteiger charge is -2.25. The average molecular weight is 323 g/mol. The Morgan fingerprint density at radius 2 is 2.14 bits per heavy atom. The van der Waals surface area contributed by atoms with Gasteiger partial charge < -0.3 is 14.6 Å². The predicted molar refractivity (Wildman–Crippen MR) is 83.7 cm³/mol. The number of aliphatic hydroxyl groups is 2. The lowest BCUT2D eigenvalue weighted by molar-refractivity contribution is 0.113. The number of rotatable bonds is 6. The summed E-state index contributed by atoms with van der Waals surface area (Å²) in [6.45, 7) is -0.240. The van der Waals surface area contributed by atoms with Crippen molar-refractivity contribution >= 4 is 11.8 Å². The molecule has 2 N–H and O–H groups in total. The van der Waals surface area contributed by atoms with Gasteiger partial charge in [0.25, 0.3) is 0 Å². The Hall–Kier alpha value is -1.31. The summed E-state index contributed by atoms with van der Waals surface area (Å²) < 4.78 is 7.63. The molecule has 0 amide bonds. The van der Waals surface area contributed by atoms with Gasteiger partial charge in [0.1, 0.15) is 0 Å². The largest absolute Gasteiger partial charge is 0.461 e. The standard InChI is InChI=1S/C15H21N3O3S/c19-9-12(20)10-22-15-17-16-14(13-7-4-8-21-13)18(15)11-5-2-1-3-6-11/h4,7-8,11-12,19-20H,1-3,5-6,9-10H2. The number of hydrogen-bond donors (Lipinski definition) is 2. The molecule has 22 heavy (non-hydrogen) atoms. The number of aliphatic hydroxyl groups excluding tert-OH is 2. The lowest BCUT2D eigenvalue weighted by Crippen LogP contribution is -2.17. The molecule has 1 saturated carbocycles. The van der Waals surface area contributed by atoms with Crippen LogP contribution in [-0.2, 0) is 0 Å². The Morgan fingerprint density at radius 3 is 2.82 bits per heavy atom. The molecule has 2 aromatic rings. The molecule has 1 unspecified atom stereocenters. The van der Waals surface area contributed by atoms with Gasteiger partial charge in [0, 0.05) is 11.8 Å². The summed E-state index contributed by atoms with van der Waals surface area (Å²) in [6.07, 6.45) is 6.82. The second-order valence-electron chi connectivity index (χ2n) is 5.59. The summed E-state index contributed by atoms with van der Waals surface area (Å²) in [6, 6.07) is 4.11. The molecule has 6 nitrogen and oxygen atoms in total. The van der Waals surface area contributed by atoms with E-state index in [4.69, 9.17) is 9.52 Å². The quantitative estimate of drug-likeness (QED) is 0.795. The van der Waals surface area contributed by atoms with E-state index in [-0.39, 0.29) is 6.61 Å². The molecule has 0 bridgehead atoms. The van der Waals surface area contributed by atoms with E-state index in [0.29, 0.717) is 17.6 Å². The molecule has 2 aromatic heterocycles. The molecule has 0 radical (unpaired) electrons. The fraction of sp³-hybridized carbons (Fsp3) is 0.600. The minimum Gasteiger partial charge on any atom is -0.461 e. The van der Waals surface area contributed by atoms with Gasteiger partial charge in [0.05, 0.1) is 19.0 Å². The molecule has 0 aliphatic heterocycles. The number of thioether (sulfide) groups is 1. The summed E-state index contributed by atoms with van der Waals surface area (Å²) in [5.41, 5.74) is 0. The monoisotopic (exact) mass is 323 g/mol. The highest BCUT2D eigenvalue weighted by molar-refractivity contribution is 7.99. The molecule has 0 spiro atoms. The normalized spacial score (nSPS) is 17.7. The Bertz CT molecular complexity index is 579. The van der Waals surface area contributed by atoms with E-state index in [1.165, 1.54) is 31.0 Å². The third kappa shape index (κ3) is 3.37. The first-order chi connectivity index (χ1) is 10.8. The van der Waals surface area contributed by atoms with Crippen LogP contribution in [0.5, 0.6) is 0 Å². The number of aromatic nitrogens is 3. The minimum atomic E-state index is -0.742. The molecule has 7 heteroatoms. The smallest absolute Gasteiger partial charge is 0.200 e. The van der Waals surface area contributed by atoms with Crippen LogP contribution in [0.25, 0.3) is 11.6 Å². The third-order valence-corrected chi connectivity index (χ3v) is 5.05. The van der Waals surface area contributed by atoms with Crippen LogP contribution in [0.2, 0.25) is 0 Å². The molecule has 1 aliphatic rings. The number of hydrogen-bond acceptors (Lipinski definition) is 6. The summed E-state index contributed by atoms with van der Waals surface area (Å²) in [5.74, 6) is 1.87. The van der Waals surface area contributed by atoms with Crippen molar-refractivity contribution < 1.29 is 14.6 Å². The molecular formula is C15H21N3O3S. The maximum Gasteiger partial charge on any atom is 0.200 e. The molecule has 1 fully saturated rings. The van der Waals surface area contributed by atoms with Gasteiger partial charge in [0.15, 0.2) is 10.9 Å². The summed E-state index contributed by atoms with van der Waals surface area (Å²) in [5, 5.41) is 27.9. The van der Waals surface area contributed by atoms with E-state index in [1.807, 2.05) is 12.1 Å². The highest BCUT2D eigenvalue weighted by atomic mass is 32.2. The Labute approximate surface area is 133 Å². The summed E-state index contributed by atoms with van der Waals surface area (Å²) in [7, 11) is 0. The topological polar surface area (TPSA) is 84.3 Å². The van der Waals surface area contributed by atoms with Crippen molar-refractivity contribution in [1.29, 1.82) is 0 Å². The number of nitrogens with zero attached hydrogens (tertiary/aromatic N) is 3. The first-order valence-corrected chi connectivity index (χ1v) is 8.68. The lowest BCUT2D eigenvalue weighted by atomic mass is 9.95.